The van der Waals surface area contributed by atoms with E-state index in [9.17, 15) is 4.79 Å². The number of carbonyl (C=O) groups is 1. The van der Waals surface area contributed by atoms with Crippen molar-refractivity contribution in [3.8, 4) is 0 Å². The van der Waals surface area contributed by atoms with Gasteiger partial charge in [0, 0.05) is 58.0 Å². The van der Waals surface area contributed by atoms with Gasteiger partial charge in [-0.05, 0) is 25.1 Å². The lowest BCUT2D eigenvalue weighted by Gasteiger charge is -2.35. The molecule has 0 N–H and O–H groups in total. The molecule has 1 amide bonds. The van der Waals surface area contributed by atoms with Crippen LogP contribution in [0.25, 0.3) is 0 Å². The highest BCUT2D eigenvalue weighted by Crippen LogP contribution is 2.17. The number of benzene rings is 1. The van der Waals surface area contributed by atoms with Crippen LogP contribution < -0.4 is 4.90 Å². The first kappa shape index (κ1) is 20.9. The van der Waals surface area contributed by atoms with E-state index in [1.54, 1.807) is 0 Å². The molecular formula is C23H33N5O2. The number of para-hydroxylation sites is 1. The molecule has 1 aromatic heterocycles. The molecule has 2 aromatic rings. The lowest BCUT2D eigenvalue weighted by Crippen LogP contribution is -2.48. The van der Waals surface area contributed by atoms with Crippen LogP contribution >= 0.6 is 0 Å². The van der Waals surface area contributed by atoms with Crippen LogP contribution in [0.3, 0.4) is 0 Å². The Kier molecular flexibility index (Phi) is 7.02. The van der Waals surface area contributed by atoms with Gasteiger partial charge in [0.2, 0.25) is 5.89 Å². The van der Waals surface area contributed by atoms with Crippen LogP contribution in [0.2, 0.25) is 0 Å². The van der Waals surface area contributed by atoms with E-state index in [0.717, 1.165) is 39.3 Å². The number of rotatable bonds is 7. The maximum atomic E-state index is 12.9. The smallest absolute Gasteiger partial charge is 0.275 e. The van der Waals surface area contributed by atoms with Gasteiger partial charge in [0.25, 0.3) is 5.91 Å². The highest BCUT2D eigenvalue weighted by molar-refractivity contribution is 5.92. The molecule has 0 atom stereocenters. The molecule has 2 fully saturated rings. The van der Waals surface area contributed by atoms with Gasteiger partial charge in [-0.15, -0.1) is 0 Å². The highest BCUT2D eigenvalue weighted by Gasteiger charge is 2.25. The standard InChI is InChI=1S/C23H33N5O2/c1-2-3-9-25-10-12-26(13-11-25)18-22-24-21(19-30-22)23(29)28-16-14-27(15-17-28)20-7-5-4-6-8-20/h4-8,19H,2-3,9-18H2,1H3. The molecule has 0 unspecified atom stereocenters. The first-order valence-electron chi connectivity index (χ1n) is 11.2. The molecule has 0 bridgehead atoms. The Labute approximate surface area is 179 Å². The van der Waals surface area contributed by atoms with Gasteiger partial charge in [-0.3, -0.25) is 9.69 Å². The average molecular weight is 412 g/mol. The van der Waals surface area contributed by atoms with Crippen molar-refractivity contribution in [1.82, 2.24) is 19.7 Å². The number of aromatic nitrogens is 1. The largest absolute Gasteiger partial charge is 0.447 e. The zero-order valence-corrected chi connectivity index (χ0v) is 18.0. The van der Waals surface area contributed by atoms with E-state index in [1.165, 1.54) is 31.3 Å². The molecular weight excluding hydrogens is 378 g/mol. The van der Waals surface area contributed by atoms with Crippen molar-refractivity contribution >= 4 is 11.6 Å². The normalized spacial score (nSPS) is 18.7. The van der Waals surface area contributed by atoms with E-state index in [2.05, 4.69) is 50.9 Å². The summed E-state index contributed by atoms with van der Waals surface area (Å²) in [7, 11) is 0. The first-order valence-corrected chi connectivity index (χ1v) is 11.2. The SMILES string of the molecule is CCCCN1CCN(Cc2nc(C(=O)N3CCN(c4ccccc4)CC3)co2)CC1. The number of anilines is 1. The second-order valence-electron chi connectivity index (χ2n) is 8.21. The van der Waals surface area contributed by atoms with Crippen molar-refractivity contribution in [1.29, 1.82) is 0 Å². The van der Waals surface area contributed by atoms with Crippen LogP contribution in [0.5, 0.6) is 0 Å². The lowest BCUT2D eigenvalue weighted by molar-refractivity contribution is 0.0740. The Morgan fingerprint density at radius 3 is 2.37 bits per heavy atom. The zero-order valence-electron chi connectivity index (χ0n) is 18.0. The Bertz CT molecular complexity index is 793. The van der Waals surface area contributed by atoms with Gasteiger partial charge in [0.15, 0.2) is 5.69 Å². The van der Waals surface area contributed by atoms with Gasteiger partial charge in [-0.2, -0.15) is 0 Å². The molecule has 2 saturated heterocycles. The maximum Gasteiger partial charge on any atom is 0.275 e. The maximum absolute atomic E-state index is 12.9. The minimum Gasteiger partial charge on any atom is -0.447 e. The van der Waals surface area contributed by atoms with Crippen molar-refractivity contribution in [2.75, 3.05) is 63.8 Å². The molecule has 3 heterocycles. The Morgan fingerprint density at radius 2 is 1.67 bits per heavy atom. The van der Waals surface area contributed by atoms with Crippen LogP contribution in [0.15, 0.2) is 41.0 Å². The molecule has 2 aliphatic heterocycles. The summed E-state index contributed by atoms with van der Waals surface area (Å²) in [4.78, 5) is 26.4. The highest BCUT2D eigenvalue weighted by atomic mass is 16.3. The summed E-state index contributed by atoms with van der Waals surface area (Å²) in [6.07, 6.45) is 4.04. The Hall–Kier alpha value is -2.38. The number of hydrogen-bond donors (Lipinski definition) is 0. The minimum atomic E-state index is -0.0258. The summed E-state index contributed by atoms with van der Waals surface area (Å²) < 4.78 is 5.64. The number of hydrogen-bond acceptors (Lipinski definition) is 6. The van der Waals surface area contributed by atoms with Crippen LogP contribution in [-0.2, 0) is 6.54 Å². The van der Waals surface area contributed by atoms with Gasteiger partial charge in [0.05, 0.1) is 6.54 Å². The quantitative estimate of drug-likeness (QED) is 0.698. The van der Waals surface area contributed by atoms with Crippen molar-refractivity contribution in [2.45, 2.75) is 26.3 Å². The van der Waals surface area contributed by atoms with Gasteiger partial charge in [-0.1, -0.05) is 31.5 Å². The molecule has 7 nitrogen and oxygen atoms in total. The molecule has 4 rings (SSSR count). The van der Waals surface area contributed by atoms with E-state index >= 15 is 0 Å². The molecule has 0 saturated carbocycles. The predicted molar refractivity (Wildman–Crippen MR) is 118 cm³/mol. The van der Waals surface area contributed by atoms with E-state index < -0.39 is 0 Å². The third-order valence-electron chi connectivity index (χ3n) is 6.11. The summed E-state index contributed by atoms with van der Waals surface area (Å²) in [6, 6.07) is 10.4. The van der Waals surface area contributed by atoms with Crippen LogP contribution in [0.1, 0.15) is 36.1 Å². The molecule has 162 valence electrons. The summed E-state index contributed by atoms with van der Waals surface area (Å²) in [6.45, 7) is 11.4. The lowest BCUT2D eigenvalue weighted by atomic mass is 10.2. The molecule has 2 aliphatic rings. The molecule has 7 heteroatoms. The van der Waals surface area contributed by atoms with Gasteiger partial charge in [-0.25, -0.2) is 4.98 Å². The third kappa shape index (κ3) is 5.21. The fourth-order valence-electron chi connectivity index (χ4n) is 4.19. The molecule has 1 aromatic carbocycles. The number of oxazole rings is 1. The topological polar surface area (TPSA) is 56.1 Å². The molecule has 30 heavy (non-hydrogen) atoms. The van der Waals surface area contributed by atoms with E-state index in [0.29, 0.717) is 31.2 Å². The molecule has 0 aliphatic carbocycles. The second-order valence-corrected chi connectivity index (χ2v) is 8.21. The minimum absolute atomic E-state index is 0.0258. The van der Waals surface area contributed by atoms with Crippen molar-refractivity contribution < 1.29 is 9.21 Å². The van der Waals surface area contributed by atoms with Crippen molar-refractivity contribution in [3.05, 3.63) is 48.2 Å². The third-order valence-corrected chi connectivity index (χ3v) is 6.11. The van der Waals surface area contributed by atoms with E-state index in [4.69, 9.17) is 4.42 Å². The fraction of sp³-hybridized carbons (Fsp3) is 0.565. The summed E-state index contributed by atoms with van der Waals surface area (Å²) in [5.41, 5.74) is 1.64. The van der Waals surface area contributed by atoms with E-state index in [-0.39, 0.29) is 5.91 Å². The number of amides is 1. The van der Waals surface area contributed by atoms with Gasteiger partial charge < -0.3 is 19.1 Å². The van der Waals surface area contributed by atoms with Gasteiger partial charge in [0.1, 0.15) is 6.26 Å². The number of nitrogens with zero attached hydrogens (tertiary/aromatic N) is 5. The monoisotopic (exact) mass is 411 g/mol. The first-order chi connectivity index (χ1) is 14.7. The summed E-state index contributed by atoms with van der Waals surface area (Å²) >= 11 is 0. The summed E-state index contributed by atoms with van der Waals surface area (Å²) in [5.74, 6) is 0.616. The molecule has 0 spiro atoms. The van der Waals surface area contributed by atoms with E-state index in [1.807, 2.05) is 11.0 Å². The number of piperazine rings is 2. The number of unbranched alkanes of at least 4 members (excludes halogenated alkanes) is 1. The fourth-order valence-corrected chi connectivity index (χ4v) is 4.19. The van der Waals surface area contributed by atoms with Crippen LogP contribution in [-0.4, -0.2) is 84.5 Å². The van der Waals surface area contributed by atoms with Crippen molar-refractivity contribution in [2.24, 2.45) is 0 Å². The Morgan fingerprint density at radius 1 is 0.967 bits per heavy atom. The average Bonchev–Trinajstić information content (AvgIpc) is 3.27. The Balaban J connectivity index is 1.25. The predicted octanol–water partition coefficient (Wildman–Crippen LogP) is 2.55. The molecule has 0 radical (unpaired) electrons. The van der Waals surface area contributed by atoms with Crippen LogP contribution in [0, 0.1) is 0 Å². The summed E-state index contributed by atoms with van der Waals surface area (Å²) in [5, 5.41) is 0. The zero-order chi connectivity index (χ0) is 20.8. The number of carbonyl (C=O) groups excluding carboxylic acids is 1. The second kappa shape index (κ2) is 10.1. The van der Waals surface area contributed by atoms with Crippen molar-refractivity contribution in [3.63, 3.8) is 0 Å². The van der Waals surface area contributed by atoms with Gasteiger partial charge >= 0.3 is 0 Å². The van der Waals surface area contributed by atoms with Crippen LogP contribution in [0.4, 0.5) is 5.69 Å².